The van der Waals surface area contributed by atoms with E-state index in [4.69, 9.17) is 15.4 Å². The van der Waals surface area contributed by atoms with Crippen LogP contribution in [0.4, 0.5) is 0 Å². The van der Waals surface area contributed by atoms with Crippen LogP contribution in [-0.2, 0) is 13.8 Å². The zero-order valence-electron chi connectivity index (χ0n) is 6.42. The molecule has 0 radical (unpaired) electrons. The molecule has 0 aliphatic carbocycles. The maximum atomic E-state index is 10.4. The van der Waals surface area contributed by atoms with Gasteiger partial charge in [-0.15, -0.1) is 0 Å². The van der Waals surface area contributed by atoms with Crippen molar-refractivity contribution in [1.82, 2.24) is 0 Å². The zero-order valence-corrected chi connectivity index (χ0v) is 7.99. The molecule has 0 bridgehead atoms. The van der Waals surface area contributed by atoms with Crippen LogP contribution in [0.25, 0.3) is 0 Å². The summed E-state index contributed by atoms with van der Waals surface area (Å²) in [6, 6.07) is 0. The summed E-state index contributed by atoms with van der Waals surface area (Å²) >= 11 is 0. The van der Waals surface area contributed by atoms with E-state index in [1.54, 1.807) is 0 Å². The van der Waals surface area contributed by atoms with Gasteiger partial charge in [0, 0.05) is 22.5 Å². The van der Waals surface area contributed by atoms with Crippen molar-refractivity contribution in [2.45, 2.75) is 25.4 Å². The van der Waals surface area contributed by atoms with Gasteiger partial charge in [-0.1, -0.05) is 5.92 Å². The van der Waals surface area contributed by atoms with Crippen LogP contribution in [0.2, 0.25) is 0 Å². The second-order valence-corrected chi connectivity index (χ2v) is 4.84. The maximum absolute atomic E-state index is 10.4. The zero-order chi connectivity index (χ0) is 9.03. The van der Waals surface area contributed by atoms with Crippen molar-refractivity contribution in [3.05, 3.63) is 0 Å². The van der Waals surface area contributed by atoms with Crippen LogP contribution in [0.15, 0.2) is 0 Å². The summed E-state index contributed by atoms with van der Waals surface area (Å²) in [6.45, 7) is 0.654. The predicted molar refractivity (Wildman–Crippen MR) is 46.1 cm³/mol. The van der Waals surface area contributed by atoms with Gasteiger partial charge < -0.3 is 4.74 Å². The molecule has 1 rings (SSSR count). The first-order valence-corrected chi connectivity index (χ1v) is 5.97. The first-order valence-electron chi connectivity index (χ1n) is 3.66. The Morgan fingerprint density at radius 2 is 2.17 bits per heavy atom. The minimum Gasteiger partial charge on any atom is -0.365 e. The summed E-state index contributed by atoms with van der Waals surface area (Å²) in [4.78, 5) is 0. The van der Waals surface area contributed by atoms with Crippen molar-refractivity contribution < 1.29 is 13.2 Å². The fourth-order valence-corrected chi connectivity index (χ4v) is 1.40. The molecule has 3 nitrogen and oxygen atoms in total. The summed E-state index contributed by atoms with van der Waals surface area (Å²) in [5.74, 6) is 2.47. The molecule has 0 aromatic carbocycles. The molecule has 1 heterocycles. The molecule has 1 aliphatic heterocycles. The summed E-state index contributed by atoms with van der Waals surface area (Å²) in [6.07, 6.45) is 2.58. The van der Waals surface area contributed by atoms with Crippen LogP contribution in [0.5, 0.6) is 0 Å². The highest BCUT2D eigenvalue weighted by Gasteiger charge is 2.10. The number of hydrogen-bond acceptors (Lipinski definition) is 3. The smallest absolute Gasteiger partial charge is 0.300 e. The van der Waals surface area contributed by atoms with E-state index in [-0.39, 0.29) is 6.10 Å². The molecule has 12 heavy (non-hydrogen) atoms. The topological polar surface area (TPSA) is 43.4 Å². The Morgan fingerprint density at radius 3 is 2.67 bits per heavy atom. The minimum absolute atomic E-state index is 0.257. The van der Waals surface area contributed by atoms with Crippen molar-refractivity contribution in [2.75, 3.05) is 6.61 Å². The molecule has 0 N–H and O–H groups in total. The lowest BCUT2D eigenvalue weighted by Gasteiger charge is -2.16. The van der Waals surface area contributed by atoms with Gasteiger partial charge in [0.15, 0.2) is 0 Å². The van der Waals surface area contributed by atoms with E-state index in [0.29, 0.717) is 6.61 Å². The monoisotopic (exact) mass is 208 g/mol. The molecule has 1 aliphatic rings. The molecule has 0 spiro atoms. The highest BCUT2D eigenvalue weighted by atomic mass is 35.7. The molecule has 5 heteroatoms. The number of ether oxygens (including phenoxy) is 1. The minimum atomic E-state index is -3.69. The van der Waals surface area contributed by atoms with Gasteiger partial charge in [0.2, 0.25) is 0 Å². The highest BCUT2D eigenvalue weighted by molar-refractivity contribution is 8.17. The van der Waals surface area contributed by atoms with Gasteiger partial charge in [-0.05, 0) is 19.3 Å². The number of hydrogen-bond donors (Lipinski definition) is 0. The average Bonchev–Trinajstić information content (AvgIpc) is 2.02. The van der Waals surface area contributed by atoms with E-state index in [1.165, 1.54) is 0 Å². The molecule has 0 amide bonds. The SMILES string of the molecule is O=S(=O)(Cl)C#CC1CCCCO1. The Bertz CT molecular complexity index is 292. The summed E-state index contributed by atoms with van der Waals surface area (Å²) < 4.78 is 26.0. The van der Waals surface area contributed by atoms with Crippen molar-refractivity contribution in [1.29, 1.82) is 0 Å². The maximum Gasteiger partial charge on any atom is 0.300 e. The molecule has 1 atom stereocenters. The number of rotatable bonds is 0. The lowest BCUT2D eigenvalue weighted by atomic mass is 10.1. The van der Waals surface area contributed by atoms with Crippen molar-refractivity contribution >= 4 is 19.7 Å². The molecule has 0 aromatic heterocycles. The molecule has 1 unspecified atom stereocenters. The Hall–Kier alpha value is -0.240. The summed E-state index contributed by atoms with van der Waals surface area (Å²) in [5.41, 5.74) is 0. The average molecular weight is 209 g/mol. The molecular formula is C7H9ClO3S. The van der Waals surface area contributed by atoms with E-state index < -0.39 is 9.05 Å². The van der Waals surface area contributed by atoms with E-state index in [1.807, 2.05) is 5.25 Å². The summed E-state index contributed by atoms with van der Waals surface area (Å²) in [5, 5.41) is 1.95. The van der Waals surface area contributed by atoms with Gasteiger partial charge in [0.25, 0.3) is 0 Å². The Balaban J connectivity index is 2.53. The standard InChI is InChI=1S/C7H9ClO3S/c8-12(9,10)6-4-7-3-1-2-5-11-7/h7H,1-3,5H2. The fraction of sp³-hybridized carbons (Fsp3) is 0.714. The largest absolute Gasteiger partial charge is 0.365 e. The van der Waals surface area contributed by atoms with E-state index >= 15 is 0 Å². The third-order valence-electron chi connectivity index (χ3n) is 1.52. The quantitative estimate of drug-likeness (QED) is 0.442. The van der Waals surface area contributed by atoms with Gasteiger partial charge >= 0.3 is 9.05 Å². The Kier molecular flexibility index (Phi) is 3.39. The lowest BCUT2D eigenvalue weighted by Crippen LogP contribution is -2.16. The van der Waals surface area contributed by atoms with Gasteiger partial charge in [-0.3, -0.25) is 0 Å². The first-order chi connectivity index (χ1) is 5.58. The van der Waals surface area contributed by atoms with Crippen LogP contribution in [-0.4, -0.2) is 21.1 Å². The van der Waals surface area contributed by atoms with Crippen molar-refractivity contribution in [3.8, 4) is 11.2 Å². The summed E-state index contributed by atoms with van der Waals surface area (Å²) in [7, 11) is 1.20. The second-order valence-electron chi connectivity index (χ2n) is 2.54. The fourth-order valence-electron chi connectivity index (χ4n) is 0.991. The Morgan fingerprint density at radius 1 is 1.42 bits per heavy atom. The van der Waals surface area contributed by atoms with Crippen LogP contribution < -0.4 is 0 Å². The third-order valence-corrected chi connectivity index (χ3v) is 2.11. The highest BCUT2D eigenvalue weighted by Crippen LogP contribution is 2.11. The lowest BCUT2D eigenvalue weighted by molar-refractivity contribution is 0.0526. The van der Waals surface area contributed by atoms with Crippen LogP contribution >= 0.6 is 10.7 Å². The van der Waals surface area contributed by atoms with Crippen LogP contribution in [0, 0.1) is 11.2 Å². The van der Waals surface area contributed by atoms with Gasteiger partial charge in [-0.25, -0.2) is 0 Å². The number of halogens is 1. The Labute approximate surface area is 76.5 Å². The van der Waals surface area contributed by atoms with Gasteiger partial charge in [0.05, 0.1) is 0 Å². The second kappa shape index (κ2) is 4.13. The van der Waals surface area contributed by atoms with Gasteiger partial charge in [-0.2, -0.15) is 8.42 Å². The van der Waals surface area contributed by atoms with E-state index in [9.17, 15) is 8.42 Å². The predicted octanol–water partition coefficient (Wildman–Crippen LogP) is 1.09. The first kappa shape index (κ1) is 9.85. The molecular weight excluding hydrogens is 200 g/mol. The molecule has 1 fully saturated rings. The van der Waals surface area contributed by atoms with Gasteiger partial charge in [0.1, 0.15) is 6.10 Å². The molecule has 1 saturated heterocycles. The van der Waals surface area contributed by atoms with E-state index in [0.717, 1.165) is 19.3 Å². The van der Waals surface area contributed by atoms with Crippen LogP contribution in [0.1, 0.15) is 19.3 Å². The molecule has 0 saturated carbocycles. The van der Waals surface area contributed by atoms with Crippen molar-refractivity contribution in [2.24, 2.45) is 0 Å². The molecule has 0 aromatic rings. The van der Waals surface area contributed by atoms with Crippen LogP contribution in [0.3, 0.4) is 0 Å². The third kappa shape index (κ3) is 3.96. The van der Waals surface area contributed by atoms with E-state index in [2.05, 4.69) is 5.92 Å². The van der Waals surface area contributed by atoms with Crippen molar-refractivity contribution in [3.63, 3.8) is 0 Å². The molecule has 68 valence electrons. The normalized spacial score (nSPS) is 24.2.